The van der Waals surface area contributed by atoms with Crippen molar-refractivity contribution in [1.29, 1.82) is 0 Å². The molecule has 0 aliphatic heterocycles. The number of thiol groups is 1. The van der Waals surface area contributed by atoms with Crippen LogP contribution in [0.1, 0.15) is 69.5 Å². The smallest absolute Gasteiger partial charge is 0.223 e. The highest BCUT2D eigenvalue weighted by Crippen LogP contribution is 2.30. The van der Waals surface area contributed by atoms with E-state index in [1.165, 1.54) is 24.8 Å². The lowest BCUT2D eigenvalue weighted by Crippen LogP contribution is -2.35. The van der Waals surface area contributed by atoms with Crippen LogP contribution in [0.4, 0.5) is 0 Å². The third-order valence-corrected chi connectivity index (χ3v) is 4.95. The number of nitrogens with one attached hydrogen (secondary N) is 1. The van der Waals surface area contributed by atoms with Gasteiger partial charge >= 0.3 is 0 Å². The van der Waals surface area contributed by atoms with Crippen LogP contribution in [0.15, 0.2) is 23.1 Å². The summed E-state index contributed by atoms with van der Waals surface area (Å²) in [5, 5.41) is 3.31. The number of benzene rings is 1. The van der Waals surface area contributed by atoms with Gasteiger partial charge in [-0.3, -0.25) is 4.79 Å². The van der Waals surface area contributed by atoms with Crippen molar-refractivity contribution in [2.24, 2.45) is 11.8 Å². The average Bonchev–Trinajstić information content (AvgIpc) is 2.47. The number of carbonyl (C=O) groups is 1. The predicted octanol–water partition coefficient (Wildman–Crippen LogP) is 5.07. The lowest BCUT2D eigenvalue weighted by atomic mass is 9.87. The van der Waals surface area contributed by atoms with Crippen molar-refractivity contribution < 1.29 is 4.79 Å². The molecule has 0 heterocycles. The van der Waals surface area contributed by atoms with E-state index in [9.17, 15) is 4.79 Å². The summed E-state index contributed by atoms with van der Waals surface area (Å²) < 4.78 is 0. The Morgan fingerprint density at radius 1 is 1.27 bits per heavy atom. The highest BCUT2D eigenvalue weighted by Gasteiger charge is 2.25. The molecular formula is C19H29NOS. The molecule has 1 aliphatic rings. The maximum atomic E-state index is 12.6. The number of carbonyl (C=O) groups excluding carboxylic acids is 1. The Hall–Kier alpha value is -0.960. The summed E-state index contributed by atoms with van der Waals surface area (Å²) >= 11 is 4.63. The molecule has 1 atom stereocenters. The summed E-state index contributed by atoms with van der Waals surface area (Å²) in [7, 11) is 0. The first-order valence-electron chi connectivity index (χ1n) is 8.57. The van der Waals surface area contributed by atoms with Gasteiger partial charge in [0.2, 0.25) is 5.91 Å². The van der Waals surface area contributed by atoms with Crippen molar-refractivity contribution in [3.05, 3.63) is 29.3 Å². The van der Waals surface area contributed by atoms with Crippen LogP contribution in [-0.4, -0.2) is 5.91 Å². The van der Waals surface area contributed by atoms with E-state index in [2.05, 4.69) is 56.9 Å². The first kappa shape index (κ1) is 17.4. The minimum Gasteiger partial charge on any atom is -0.349 e. The Labute approximate surface area is 140 Å². The minimum absolute atomic E-state index is 0.0718. The van der Waals surface area contributed by atoms with Gasteiger partial charge in [-0.15, -0.1) is 12.6 Å². The fourth-order valence-electron chi connectivity index (χ4n) is 3.34. The Kier molecular flexibility index (Phi) is 6.37. The molecule has 1 N–H and O–H groups in total. The Balaban J connectivity index is 2.13. The van der Waals surface area contributed by atoms with Crippen molar-refractivity contribution in [1.82, 2.24) is 5.32 Å². The van der Waals surface area contributed by atoms with Gasteiger partial charge in [0.1, 0.15) is 0 Å². The molecule has 0 aromatic heterocycles. The van der Waals surface area contributed by atoms with Gasteiger partial charge in [0.25, 0.3) is 0 Å². The zero-order chi connectivity index (χ0) is 16.1. The van der Waals surface area contributed by atoms with Crippen LogP contribution in [0.3, 0.4) is 0 Å². The molecule has 2 nitrogen and oxygen atoms in total. The lowest BCUT2D eigenvalue weighted by molar-refractivity contribution is -0.126. The van der Waals surface area contributed by atoms with Gasteiger partial charge in [-0.1, -0.05) is 50.8 Å². The van der Waals surface area contributed by atoms with Gasteiger partial charge in [-0.05, 0) is 43.7 Å². The standard InChI is InChI=1S/C19H29NOS/c1-13(2)11-17(16-10-9-14(3)12-18(16)22)20-19(21)15-7-5-4-6-8-15/h9-10,12-13,15,17,22H,4-8,11H2,1-3H3,(H,20,21). The second-order valence-corrected chi connectivity index (χ2v) is 7.57. The number of amides is 1. The molecule has 0 bridgehead atoms. The van der Waals surface area contributed by atoms with E-state index in [1.54, 1.807) is 0 Å². The van der Waals surface area contributed by atoms with E-state index in [0.29, 0.717) is 5.92 Å². The van der Waals surface area contributed by atoms with Crippen molar-refractivity contribution in [3.8, 4) is 0 Å². The van der Waals surface area contributed by atoms with E-state index in [1.807, 2.05) is 0 Å². The largest absolute Gasteiger partial charge is 0.349 e. The van der Waals surface area contributed by atoms with E-state index in [-0.39, 0.29) is 17.9 Å². The highest BCUT2D eigenvalue weighted by molar-refractivity contribution is 7.80. The van der Waals surface area contributed by atoms with Crippen LogP contribution in [0.25, 0.3) is 0 Å². The van der Waals surface area contributed by atoms with E-state index >= 15 is 0 Å². The molecule has 1 amide bonds. The summed E-state index contributed by atoms with van der Waals surface area (Å²) in [4.78, 5) is 13.6. The molecule has 1 saturated carbocycles. The molecule has 22 heavy (non-hydrogen) atoms. The van der Waals surface area contributed by atoms with Gasteiger partial charge in [0.05, 0.1) is 6.04 Å². The second-order valence-electron chi connectivity index (χ2n) is 7.09. The van der Waals surface area contributed by atoms with Crippen molar-refractivity contribution in [2.75, 3.05) is 0 Å². The van der Waals surface area contributed by atoms with Gasteiger partial charge in [-0.25, -0.2) is 0 Å². The zero-order valence-corrected chi connectivity index (χ0v) is 15.0. The fourth-order valence-corrected chi connectivity index (χ4v) is 3.77. The van der Waals surface area contributed by atoms with Crippen LogP contribution in [-0.2, 0) is 4.79 Å². The Bertz CT molecular complexity index is 506. The van der Waals surface area contributed by atoms with Crippen molar-refractivity contribution in [3.63, 3.8) is 0 Å². The minimum atomic E-state index is 0.0718. The Morgan fingerprint density at radius 3 is 2.55 bits per heavy atom. The number of aryl methyl sites for hydroxylation is 1. The van der Waals surface area contributed by atoms with Gasteiger partial charge < -0.3 is 5.32 Å². The molecule has 122 valence electrons. The topological polar surface area (TPSA) is 29.1 Å². The normalized spacial score (nSPS) is 17.5. The van der Waals surface area contributed by atoms with Crippen LogP contribution in [0.5, 0.6) is 0 Å². The van der Waals surface area contributed by atoms with Crippen molar-refractivity contribution in [2.45, 2.75) is 70.2 Å². The van der Waals surface area contributed by atoms with E-state index in [4.69, 9.17) is 0 Å². The molecule has 1 fully saturated rings. The van der Waals surface area contributed by atoms with Crippen LogP contribution in [0, 0.1) is 18.8 Å². The fraction of sp³-hybridized carbons (Fsp3) is 0.632. The monoisotopic (exact) mass is 319 g/mol. The van der Waals surface area contributed by atoms with Crippen molar-refractivity contribution >= 4 is 18.5 Å². The SMILES string of the molecule is Cc1ccc(C(CC(C)C)NC(=O)C2CCCCC2)c(S)c1. The summed E-state index contributed by atoms with van der Waals surface area (Å²) in [6, 6.07) is 6.38. The average molecular weight is 320 g/mol. The molecule has 2 rings (SSSR count). The van der Waals surface area contributed by atoms with E-state index in [0.717, 1.165) is 29.7 Å². The zero-order valence-electron chi connectivity index (χ0n) is 14.1. The number of rotatable bonds is 5. The molecule has 1 unspecified atom stereocenters. The summed E-state index contributed by atoms with van der Waals surface area (Å²) in [5.74, 6) is 0.974. The quantitative estimate of drug-likeness (QED) is 0.729. The van der Waals surface area contributed by atoms with Gasteiger partial charge in [-0.2, -0.15) is 0 Å². The van der Waals surface area contributed by atoms with E-state index < -0.39 is 0 Å². The number of hydrogen-bond donors (Lipinski definition) is 2. The Morgan fingerprint density at radius 2 is 1.95 bits per heavy atom. The first-order chi connectivity index (χ1) is 10.5. The molecular weight excluding hydrogens is 290 g/mol. The molecule has 1 aliphatic carbocycles. The molecule has 1 aromatic carbocycles. The van der Waals surface area contributed by atoms with Gasteiger partial charge in [0.15, 0.2) is 0 Å². The molecule has 0 saturated heterocycles. The van der Waals surface area contributed by atoms with Crippen LogP contribution < -0.4 is 5.32 Å². The predicted molar refractivity (Wildman–Crippen MR) is 95.3 cm³/mol. The summed E-state index contributed by atoms with van der Waals surface area (Å²) in [6.45, 7) is 6.47. The van der Waals surface area contributed by atoms with Crippen LogP contribution in [0.2, 0.25) is 0 Å². The maximum absolute atomic E-state index is 12.6. The second kappa shape index (κ2) is 8.05. The molecule has 0 radical (unpaired) electrons. The molecule has 0 spiro atoms. The number of hydrogen-bond acceptors (Lipinski definition) is 2. The lowest BCUT2D eigenvalue weighted by Gasteiger charge is -2.27. The molecule has 1 aromatic rings. The summed E-state index contributed by atoms with van der Waals surface area (Å²) in [5.41, 5.74) is 2.35. The maximum Gasteiger partial charge on any atom is 0.223 e. The third kappa shape index (κ3) is 4.77. The highest BCUT2D eigenvalue weighted by atomic mass is 32.1. The third-order valence-electron chi connectivity index (χ3n) is 4.56. The first-order valence-corrected chi connectivity index (χ1v) is 9.02. The molecule has 3 heteroatoms. The van der Waals surface area contributed by atoms with Gasteiger partial charge in [0, 0.05) is 10.8 Å². The summed E-state index contributed by atoms with van der Waals surface area (Å²) in [6.07, 6.45) is 6.70. The van der Waals surface area contributed by atoms with Crippen LogP contribution >= 0.6 is 12.6 Å².